The maximum Gasteiger partial charge on any atom is 0.244 e. The zero-order valence-corrected chi connectivity index (χ0v) is 27.7. The number of hydrogen-bond donors (Lipinski definition) is 4. The minimum absolute atomic E-state index is 0.0914. The van der Waals surface area contributed by atoms with Crippen LogP contribution in [0.5, 0.6) is 0 Å². The molecule has 5 aromatic rings. The Kier molecular flexibility index (Phi) is 12.7. The van der Waals surface area contributed by atoms with Gasteiger partial charge >= 0.3 is 0 Å². The number of anilines is 1. The number of nitrogens with two attached hydrogens (primary N) is 2. The second kappa shape index (κ2) is 17.7. The van der Waals surface area contributed by atoms with Gasteiger partial charge in [-0.3, -0.25) is 14.4 Å². The van der Waals surface area contributed by atoms with E-state index in [0.29, 0.717) is 25.1 Å². The largest absolute Gasteiger partial charge is 0.350 e. The number of rotatable bonds is 16. The quantitative estimate of drug-likeness (QED) is 0.103. The first-order valence-corrected chi connectivity index (χ1v) is 16.9. The second-order valence-corrected chi connectivity index (χ2v) is 12.3. The minimum atomic E-state index is -0.718. The zero-order valence-electron chi connectivity index (χ0n) is 27.7. The summed E-state index contributed by atoms with van der Waals surface area (Å²) in [5.74, 6) is -1.55. The number of nitrogens with one attached hydrogen (secondary N) is 2. The van der Waals surface area contributed by atoms with E-state index in [9.17, 15) is 14.4 Å². The third-order valence-corrected chi connectivity index (χ3v) is 8.64. The summed E-state index contributed by atoms with van der Waals surface area (Å²) in [6.07, 6.45) is 2.46. The van der Waals surface area contributed by atoms with E-state index in [4.69, 9.17) is 11.5 Å². The fourth-order valence-electron chi connectivity index (χ4n) is 6.15. The highest BCUT2D eigenvalue weighted by Crippen LogP contribution is 2.28. The van der Waals surface area contributed by atoms with Gasteiger partial charge in [-0.1, -0.05) is 134 Å². The molecule has 0 aliphatic carbocycles. The van der Waals surface area contributed by atoms with Crippen molar-refractivity contribution in [2.75, 3.05) is 25.0 Å². The second-order valence-electron chi connectivity index (χ2n) is 12.3. The van der Waals surface area contributed by atoms with Crippen LogP contribution >= 0.6 is 0 Å². The Bertz CT molecular complexity index is 1760. The van der Waals surface area contributed by atoms with Crippen LogP contribution in [0, 0.1) is 0 Å². The first-order chi connectivity index (χ1) is 23.9. The Morgan fingerprint density at radius 1 is 0.694 bits per heavy atom. The minimum Gasteiger partial charge on any atom is -0.350 e. The van der Waals surface area contributed by atoms with Gasteiger partial charge in [0, 0.05) is 17.6 Å². The molecule has 5 rings (SSSR count). The molecule has 0 fully saturated rings. The summed E-state index contributed by atoms with van der Waals surface area (Å²) < 4.78 is 0. The van der Waals surface area contributed by atoms with Crippen LogP contribution in [0.3, 0.4) is 0 Å². The average Bonchev–Trinajstić information content (AvgIpc) is 3.13. The first kappa shape index (κ1) is 35.0. The highest BCUT2D eigenvalue weighted by molar-refractivity contribution is 6.03. The molecule has 8 nitrogen and oxygen atoms in total. The molecule has 0 aliphatic rings. The number of hydrogen-bond acceptors (Lipinski definition) is 5. The van der Waals surface area contributed by atoms with Crippen molar-refractivity contribution in [2.24, 2.45) is 11.5 Å². The molecule has 0 saturated carbocycles. The van der Waals surface area contributed by atoms with Crippen molar-refractivity contribution in [3.05, 3.63) is 150 Å². The number of unbranched alkanes of at least 4 members (excludes halogenated alkanes) is 1. The number of benzene rings is 5. The van der Waals surface area contributed by atoms with Gasteiger partial charge < -0.3 is 27.0 Å². The van der Waals surface area contributed by atoms with Gasteiger partial charge in [-0.15, -0.1) is 0 Å². The van der Waals surface area contributed by atoms with Crippen LogP contribution in [0.1, 0.15) is 41.9 Å². The van der Waals surface area contributed by atoms with E-state index in [1.807, 2.05) is 133 Å². The van der Waals surface area contributed by atoms with E-state index in [0.717, 1.165) is 40.3 Å². The summed E-state index contributed by atoms with van der Waals surface area (Å²) in [5.41, 5.74) is 15.2. The van der Waals surface area contributed by atoms with Crippen molar-refractivity contribution in [1.29, 1.82) is 0 Å². The monoisotopic (exact) mass is 655 g/mol. The molecular weight excluding hydrogens is 610 g/mol. The van der Waals surface area contributed by atoms with E-state index < -0.39 is 18.0 Å². The van der Waals surface area contributed by atoms with Crippen molar-refractivity contribution in [1.82, 2.24) is 10.2 Å². The summed E-state index contributed by atoms with van der Waals surface area (Å²) in [4.78, 5) is 43.7. The highest BCUT2D eigenvalue weighted by atomic mass is 16.2. The molecule has 8 heteroatoms. The lowest BCUT2D eigenvalue weighted by atomic mass is 9.89. The lowest BCUT2D eigenvalue weighted by molar-refractivity contribution is -0.136. The molecule has 0 aromatic heterocycles. The first-order valence-electron chi connectivity index (χ1n) is 16.9. The van der Waals surface area contributed by atoms with Gasteiger partial charge in [0.1, 0.15) is 0 Å². The summed E-state index contributed by atoms with van der Waals surface area (Å²) in [6, 6.07) is 41.2. The highest BCUT2D eigenvalue weighted by Gasteiger charge is 2.31. The lowest BCUT2D eigenvalue weighted by Crippen LogP contribution is -2.53. The van der Waals surface area contributed by atoms with E-state index >= 15 is 0 Å². The summed E-state index contributed by atoms with van der Waals surface area (Å²) >= 11 is 0. The van der Waals surface area contributed by atoms with Crippen LogP contribution in [0.4, 0.5) is 5.69 Å². The Morgan fingerprint density at radius 3 is 1.94 bits per heavy atom. The van der Waals surface area contributed by atoms with Gasteiger partial charge in [0.05, 0.1) is 24.5 Å². The molecule has 3 amide bonds. The summed E-state index contributed by atoms with van der Waals surface area (Å²) in [6.45, 7) is 0.406. The third kappa shape index (κ3) is 9.85. The summed E-state index contributed by atoms with van der Waals surface area (Å²) in [7, 11) is 0. The lowest BCUT2D eigenvalue weighted by Gasteiger charge is -2.32. The third-order valence-electron chi connectivity index (χ3n) is 8.64. The molecule has 0 aliphatic heterocycles. The Balaban J connectivity index is 1.48. The normalized spacial score (nSPS) is 12.3. The van der Waals surface area contributed by atoms with Gasteiger partial charge in [0.25, 0.3) is 0 Å². The van der Waals surface area contributed by atoms with Gasteiger partial charge in [0.2, 0.25) is 17.7 Å². The van der Waals surface area contributed by atoms with Crippen molar-refractivity contribution in [3.8, 4) is 0 Å². The van der Waals surface area contributed by atoms with Crippen molar-refractivity contribution in [3.63, 3.8) is 0 Å². The Labute approximate surface area is 288 Å². The number of nitrogens with zero attached hydrogens (tertiary/aromatic N) is 1. The van der Waals surface area contributed by atoms with Gasteiger partial charge in [-0.05, 0) is 54.0 Å². The molecular formula is C41H45N5O3. The topological polar surface area (TPSA) is 131 Å². The van der Waals surface area contributed by atoms with Crippen LogP contribution in [-0.2, 0) is 20.8 Å². The molecule has 6 N–H and O–H groups in total. The van der Waals surface area contributed by atoms with E-state index in [-0.39, 0.29) is 30.8 Å². The fraction of sp³-hybridized carbons (Fsp3) is 0.244. The molecule has 252 valence electrons. The van der Waals surface area contributed by atoms with Crippen molar-refractivity contribution >= 4 is 34.2 Å². The van der Waals surface area contributed by atoms with Crippen LogP contribution in [0.15, 0.2) is 133 Å². The van der Waals surface area contributed by atoms with Crippen molar-refractivity contribution < 1.29 is 14.4 Å². The van der Waals surface area contributed by atoms with Gasteiger partial charge in [-0.25, -0.2) is 0 Å². The summed E-state index contributed by atoms with van der Waals surface area (Å²) in [5, 5.41) is 8.07. The Hall–Kier alpha value is -5.31. The molecule has 49 heavy (non-hydrogen) atoms. The number of carbonyl (C=O) groups is 3. The standard InChI is InChI=1S/C41H45N5O3/c42-26-13-12-24-36(43)40(48)44-34(27-30-15-4-1-5-16-30)28-46(29-38(47)45-37-25-14-22-31-17-10-11-23-35(31)37)41(49)39(32-18-6-2-7-19-32)33-20-8-3-9-21-33/h1-11,14-23,25,34,36,39H,12-13,24,26-29,42-43H2,(H,44,48)(H,45,47)/t34-,36-/m0/s1. The molecule has 0 heterocycles. The zero-order chi connectivity index (χ0) is 34.4. The molecule has 0 bridgehead atoms. The predicted molar refractivity (Wildman–Crippen MR) is 197 cm³/mol. The van der Waals surface area contributed by atoms with Crippen LogP contribution in [0.2, 0.25) is 0 Å². The molecule has 0 spiro atoms. The predicted octanol–water partition coefficient (Wildman–Crippen LogP) is 5.62. The maximum atomic E-state index is 14.8. The fourth-order valence-corrected chi connectivity index (χ4v) is 6.15. The molecule has 2 atom stereocenters. The molecule has 0 radical (unpaired) electrons. The van der Waals surface area contributed by atoms with Crippen LogP contribution in [-0.4, -0.2) is 54.3 Å². The Morgan fingerprint density at radius 2 is 1.29 bits per heavy atom. The number of amides is 3. The smallest absolute Gasteiger partial charge is 0.244 e. The molecule has 0 saturated heterocycles. The maximum absolute atomic E-state index is 14.8. The average molecular weight is 656 g/mol. The number of carbonyl (C=O) groups excluding carboxylic acids is 3. The molecule has 5 aromatic carbocycles. The SMILES string of the molecule is NCCCC[C@H](N)C(=O)N[C@@H](Cc1ccccc1)CN(CC(=O)Nc1cccc2ccccc12)C(=O)C(c1ccccc1)c1ccccc1. The van der Waals surface area contributed by atoms with Crippen LogP contribution < -0.4 is 22.1 Å². The van der Waals surface area contributed by atoms with Crippen molar-refractivity contribution in [2.45, 2.75) is 43.7 Å². The van der Waals surface area contributed by atoms with E-state index in [1.54, 1.807) is 4.90 Å². The van der Waals surface area contributed by atoms with Gasteiger partial charge in [0.15, 0.2) is 0 Å². The van der Waals surface area contributed by atoms with E-state index in [1.165, 1.54) is 0 Å². The molecule has 0 unspecified atom stereocenters. The number of fused-ring (bicyclic) bond motifs is 1. The van der Waals surface area contributed by atoms with Gasteiger partial charge in [-0.2, -0.15) is 0 Å². The van der Waals surface area contributed by atoms with Crippen LogP contribution in [0.25, 0.3) is 10.8 Å². The van der Waals surface area contributed by atoms with E-state index in [2.05, 4.69) is 10.6 Å².